The van der Waals surface area contributed by atoms with E-state index in [9.17, 15) is 9.59 Å². The number of carbonyl (C=O) groups excluding carboxylic acids is 2. The molecule has 3 aliphatic rings. The molecular formula is C23H28N2O4. The Morgan fingerprint density at radius 3 is 2.66 bits per heavy atom. The molecule has 1 aliphatic heterocycles. The largest absolute Gasteiger partial charge is 0.461 e. The Morgan fingerprint density at radius 2 is 2.03 bits per heavy atom. The Bertz CT molecular complexity index is 1010. The van der Waals surface area contributed by atoms with Gasteiger partial charge in [-0.25, -0.2) is 4.79 Å². The van der Waals surface area contributed by atoms with Gasteiger partial charge in [0.2, 0.25) is 5.91 Å². The Labute approximate surface area is 170 Å². The molecule has 1 aromatic heterocycles. The summed E-state index contributed by atoms with van der Waals surface area (Å²) >= 11 is 0. The van der Waals surface area contributed by atoms with Gasteiger partial charge in [-0.05, 0) is 74.6 Å². The highest BCUT2D eigenvalue weighted by Crippen LogP contribution is 2.53. The van der Waals surface area contributed by atoms with Crippen LogP contribution in [0.3, 0.4) is 0 Å². The summed E-state index contributed by atoms with van der Waals surface area (Å²) < 4.78 is 13.1. The van der Waals surface area contributed by atoms with Gasteiger partial charge in [0, 0.05) is 17.5 Å². The number of ether oxygens (including phenoxy) is 2. The lowest BCUT2D eigenvalue weighted by Crippen LogP contribution is -2.37. The molecule has 3 fully saturated rings. The second-order valence-electron chi connectivity index (χ2n) is 9.02. The summed E-state index contributed by atoms with van der Waals surface area (Å²) in [6, 6.07) is 8.21. The normalized spacial score (nSPS) is 29.7. The number of amides is 1. The maximum absolute atomic E-state index is 12.7. The zero-order valence-electron chi connectivity index (χ0n) is 17.1. The maximum Gasteiger partial charge on any atom is 0.355 e. The molecule has 6 heteroatoms. The van der Waals surface area contributed by atoms with Crippen LogP contribution in [0.15, 0.2) is 24.3 Å². The molecule has 1 unspecified atom stereocenters. The van der Waals surface area contributed by atoms with Gasteiger partial charge in [-0.3, -0.25) is 4.79 Å². The molecule has 3 atom stereocenters. The lowest BCUT2D eigenvalue weighted by atomic mass is 9.87. The van der Waals surface area contributed by atoms with Crippen LogP contribution in [0.25, 0.3) is 10.9 Å². The van der Waals surface area contributed by atoms with Crippen LogP contribution in [-0.4, -0.2) is 35.3 Å². The van der Waals surface area contributed by atoms with Crippen LogP contribution in [0.5, 0.6) is 0 Å². The number of nitrogens with zero attached hydrogens (tertiary/aromatic N) is 1. The van der Waals surface area contributed by atoms with Gasteiger partial charge in [0.05, 0.1) is 12.2 Å². The SMILES string of the molecule is CCOC(=O)c1cc2cc(C3CCOC4(CC4)C3)ccc2n1[C@@]1(C(N)=O)C[C@@H]1C. The van der Waals surface area contributed by atoms with E-state index in [1.165, 1.54) is 5.56 Å². The third kappa shape index (κ3) is 2.80. The second-order valence-corrected chi connectivity index (χ2v) is 9.02. The topological polar surface area (TPSA) is 83.6 Å². The first-order chi connectivity index (χ1) is 13.9. The molecule has 154 valence electrons. The number of nitrogens with two attached hydrogens (primary N) is 1. The molecule has 0 bridgehead atoms. The van der Waals surface area contributed by atoms with E-state index in [4.69, 9.17) is 15.2 Å². The lowest BCUT2D eigenvalue weighted by molar-refractivity contribution is -0.122. The summed E-state index contributed by atoms with van der Waals surface area (Å²) in [5.74, 6) is -0.242. The number of aromatic nitrogens is 1. The molecule has 1 saturated heterocycles. The molecule has 2 aliphatic carbocycles. The Hall–Kier alpha value is -2.34. The van der Waals surface area contributed by atoms with Gasteiger partial charge >= 0.3 is 5.97 Å². The average molecular weight is 396 g/mol. The van der Waals surface area contributed by atoms with Gasteiger partial charge in [0.25, 0.3) is 0 Å². The van der Waals surface area contributed by atoms with E-state index in [-0.39, 0.29) is 18.1 Å². The first-order valence-corrected chi connectivity index (χ1v) is 10.7. The van der Waals surface area contributed by atoms with E-state index in [1.807, 2.05) is 23.6 Å². The molecule has 2 aromatic rings. The van der Waals surface area contributed by atoms with E-state index < -0.39 is 17.4 Å². The lowest BCUT2D eigenvalue weighted by Gasteiger charge is -2.30. The molecule has 0 radical (unpaired) electrons. The molecule has 6 nitrogen and oxygen atoms in total. The van der Waals surface area contributed by atoms with Crippen LogP contribution >= 0.6 is 0 Å². The van der Waals surface area contributed by atoms with Crippen molar-refractivity contribution < 1.29 is 19.1 Å². The van der Waals surface area contributed by atoms with Crippen molar-refractivity contribution in [2.24, 2.45) is 11.7 Å². The minimum atomic E-state index is -0.845. The summed E-state index contributed by atoms with van der Waals surface area (Å²) in [5.41, 5.74) is 7.62. The molecule has 29 heavy (non-hydrogen) atoms. The Kier molecular flexibility index (Phi) is 4.07. The van der Waals surface area contributed by atoms with Crippen LogP contribution in [0.4, 0.5) is 0 Å². The van der Waals surface area contributed by atoms with Crippen molar-refractivity contribution in [1.82, 2.24) is 4.57 Å². The average Bonchev–Trinajstić information content (AvgIpc) is 3.56. The van der Waals surface area contributed by atoms with E-state index in [0.29, 0.717) is 18.0 Å². The van der Waals surface area contributed by atoms with Gasteiger partial charge in [-0.15, -0.1) is 0 Å². The van der Waals surface area contributed by atoms with Gasteiger partial charge in [-0.1, -0.05) is 13.0 Å². The highest BCUT2D eigenvalue weighted by molar-refractivity contribution is 5.99. The standard InChI is InChI=1S/C23H28N2O4/c1-3-28-20(26)19-11-17-10-15(16-6-9-29-22(13-16)7-8-22)4-5-18(17)25(19)23(21(24)27)12-14(23)2/h4-5,10-11,14,16H,3,6-9,12-13H2,1-2H3,(H2,24,27)/t14-,16?,23-/m0/s1. The van der Waals surface area contributed by atoms with Crippen molar-refractivity contribution in [3.8, 4) is 0 Å². The number of benzene rings is 1. The Balaban J connectivity index is 1.60. The first-order valence-electron chi connectivity index (χ1n) is 10.7. The molecule has 1 amide bonds. The van der Waals surface area contributed by atoms with Crippen LogP contribution < -0.4 is 5.73 Å². The molecule has 2 N–H and O–H groups in total. The van der Waals surface area contributed by atoms with Crippen molar-refractivity contribution in [2.45, 2.75) is 63.0 Å². The maximum atomic E-state index is 12.7. The summed E-state index contributed by atoms with van der Waals surface area (Å²) in [5, 5.41) is 0.960. The van der Waals surface area contributed by atoms with Crippen molar-refractivity contribution in [2.75, 3.05) is 13.2 Å². The van der Waals surface area contributed by atoms with Crippen molar-refractivity contribution in [1.29, 1.82) is 0 Å². The third-order valence-electron chi connectivity index (χ3n) is 7.18. The highest BCUT2D eigenvalue weighted by Gasteiger charge is 2.59. The van der Waals surface area contributed by atoms with E-state index in [2.05, 4.69) is 12.1 Å². The second kappa shape index (κ2) is 6.33. The fourth-order valence-corrected chi connectivity index (χ4v) is 5.25. The van der Waals surface area contributed by atoms with Gasteiger partial charge in [0.15, 0.2) is 0 Å². The van der Waals surface area contributed by atoms with Gasteiger partial charge in [-0.2, -0.15) is 0 Å². The molecule has 1 aromatic carbocycles. The van der Waals surface area contributed by atoms with Crippen LogP contribution in [0, 0.1) is 5.92 Å². The number of hydrogen-bond donors (Lipinski definition) is 1. The predicted octanol–water partition coefficient (Wildman–Crippen LogP) is 3.47. The number of fused-ring (bicyclic) bond motifs is 1. The van der Waals surface area contributed by atoms with E-state index in [1.54, 1.807) is 6.92 Å². The third-order valence-corrected chi connectivity index (χ3v) is 7.18. The molecule has 5 rings (SSSR count). The number of hydrogen-bond acceptors (Lipinski definition) is 4. The monoisotopic (exact) mass is 396 g/mol. The fraction of sp³-hybridized carbons (Fsp3) is 0.565. The number of carbonyl (C=O) groups is 2. The molecular weight excluding hydrogens is 368 g/mol. The highest BCUT2D eigenvalue weighted by atomic mass is 16.5. The summed E-state index contributed by atoms with van der Waals surface area (Å²) in [6.07, 6.45) is 5.04. The molecule has 2 heterocycles. The predicted molar refractivity (Wildman–Crippen MR) is 109 cm³/mol. The van der Waals surface area contributed by atoms with Crippen molar-refractivity contribution in [3.63, 3.8) is 0 Å². The summed E-state index contributed by atoms with van der Waals surface area (Å²) in [4.78, 5) is 25.1. The quantitative estimate of drug-likeness (QED) is 0.785. The summed E-state index contributed by atoms with van der Waals surface area (Å²) in [7, 11) is 0. The van der Waals surface area contributed by atoms with Crippen LogP contribution in [0.2, 0.25) is 0 Å². The van der Waals surface area contributed by atoms with Crippen molar-refractivity contribution in [3.05, 3.63) is 35.5 Å². The first kappa shape index (κ1) is 18.7. The number of primary amides is 1. The van der Waals surface area contributed by atoms with Crippen LogP contribution in [-0.2, 0) is 19.8 Å². The minimum Gasteiger partial charge on any atom is -0.461 e. The Morgan fingerprint density at radius 1 is 1.28 bits per heavy atom. The minimum absolute atomic E-state index is 0.0914. The molecule has 1 spiro atoms. The zero-order valence-corrected chi connectivity index (χ0v) is 17.1. The molecule has 2 saturated carbocycles. The zero-order chi connectivity index (χ0) is 20.4. The van der Waals surface area contributed by atoms with E-state index >= 15 is 0 Å². The van der Waals surface area contributed by atoms with Gasteiger partial charge < -0.3 is 19.8 Å². The number of esters is 1. The number of rotatable bonds is 5. The fourth-order valence-electron chi connectivity index (χ4n) is 5.25. The smallest absolute Gasteiger partial charge is 0.355 e. The van der Waals surface area contributed by atoms with Crippen molar-refractivity contribution >= 4 is 22.8 Å². The summed E-state index contributed by atoms with van der Waals surface area (Å²) in [6.45, 7) is 4.87. The van der Waals surface area contributed by atoms with E-state index in [0.717, 1.165) is 43.2 Å². The van der Waals surface area contributed by atoms with Gasteiger partial charge in [0.1, 0.15) is 11.2 Å². The van der Waals surface area contributed by atoms with Crippen LogP contribution in [0.1, 0.15) is 67.9 Å².